The lowest BCUT2D eigenvalue weighted by atomic mass is 10.1. The van der Waals surface area contributed by atoms with Crippen LogP contribution in [-0.4, -0.2) is 41.5 Å². The molecule has 1 amide bonds. The number of hydrogen-bond donors (Lipinski definition) is 1. The number of nitrogen functional groups attached to an aromatic ring is 1. The van der Waals surface area contributed by atoms with Gasteiger partial charge in [-0.2, -0.15) is 0 Å². The Labute approximate surface area is 120 Å². The summed E-state index contributed by atoms with van der Waals surface area (Å²) in [4.78, 5) is 24.1. The van der Waals surface area contributed by atoms with Crippen molar-refractivity contribution in [1.82, 2.24) is 4.90 Å². The van der Waals surface area contributed by atoms with Gasteiger partial charge >= 0.3 is 0 Å². The minimum atomic E-state index is -0.861. The fourth-order valence-corrected chi connectivity index (χ4v) is 2.35. The molecule has 0 radical (unpaired) electrons. The largest absolute Gasteiger partial charge is 0.393 e. The minimum absolute atomic E-state index is 0.145. The number of hydrogen-bond acceptors (Lipinski definition) is 5. The molecule has 1 saturated heterocycles. The highest BCUT2D eigenvalue weighted by Gasteiger charge is 2.30. The molecule has 2 rings (SSSR count). The second kappa shape index (κ2) is 6.04. The van der Waals surface area contributed by atoms with Gasteiger partial charge in [-0.05, 0) is 12.5 Å². The smallest absolute Gasteiger partial charge is 0.295 e. The summed E-state index contributed by atoms with van der Waals surface area (Å²) in [7, 11) is 0. The van der Waals surface area contributed by atoms with E-state index in [0.717, 1.165) is 6.07 Å². The fraction of sp³-hybridized carbons (Fsp3) is 0.462. The van der Waals surface area contributed by atoms with E-state index in [4.69, 9.17) is 10.5 Å². The van der Waals surface area contributed by atoms with Crippen LogP contribution >= 0.6 is 0 Å². The molecular weight excluding hydrogens is 281 g/mol. The first-order chi connectivity index (χ1) is 9.95. The molecule has 1 heterocycles. The van der Waals surface area contributed by atoms with Crippen molar-refractivity contribution in [1.29, 1.82) is 0 Å². The number of benzene rings is 1. The molecule has 1 aliphatic heterocycles. The Morgan fingerprint density at radius 2 is 2.33 bits per heavy atom. The first-order valence-corrected chi connectivity index (χ1v) is 6.57. The number of carbonyl (C=O) groups is 1. The van der Waals surface area contributed by atoms with Gasteiger partial charge in [0.1, 0.15) is 11.5 Å². The van der Waals surface area contributed by atoms with E-state index >= 15 is 0 Å². The maximum absolute atomic E-state index is 13.5. The second-order valence-electron chi connectivity index (χ2n) is 4.78. The van der Waals surface area contributed by atoms with Gasteiger partial charge in [0.2, 0.25) is 0 Å². The number of halogens is 1. The topological polar surface area (TPSA) is 98.7 Å². The lowest BCUT2D eigenvalue weighted by molar-refractivity contribution is -0.384. The highest BCUT2D eigenvalue weighted by molar-refractivity contribution is 6.01. The van der Waals surface area contributed by atoms with E-state index in [9.17, 15) is 19.3 Å². The van der Waals surface area contributed by atoms with Crippen LogP contribution in [0.2, 0.25) is 0 Å². The highest BCUT2D eigenvalue weighted by Crippen LogP contribution is 2.28. The van der Waals surface area contributed by atoms with Gasteiger partial charge < -0.3 is 15.4 Å². The fourth-order valence-electron chi connectivity index (χ4n) is 2.35. The molecule has 1 aromatic rings. The number of nitrogens with zero attached hydrogens (tertiary/aromatic N) is 2. The molecule has 1 aromatic carbocycles. The summed E-state index contributed by atoms with van der Waals surface area (Å²) in [5.41, 5.74) is 4.57. The number of nitro groups is 1. The van der Waals surface area contributed by atoms with Gasteiger partial charge in [0.15, 0.2) is 0 Å². The third-order valence-electron chi connectivity index (χ3n) is 3.51. The van der Waals surface area contributed by atoms with Crippen LogP contribution in [0.1, 0.15) is 23.7 Å². The second-order valence-corrected chi connectivity index (χ2v) is 4.78. The SMILES string of the molecule is CCC1COCCN1C(=O)c1cc(F)cc([N+](=O)[O-])c1N. The van der Waals surface area contributed by atoms with Crippen LogP contribution in [0.25, 0.3) is 0 Å². The molecule has 1 aliphatic rings. The van der Waals surface area contributed by atoms with Crippen molar-refractivity contribution in [2.75, 3.05) is 25.5 Å². The van der Waals surface area contributed by atoms with Crippen molar-refractivity contribution in [3.63, 3.8) is 0 Å². The quantitative estimate of drug-likeness (QED) is 0.518. The van der Waals surface area contributed by atoms with Crippen molar-refractivity contribution >= 4 is 17.3 Å². The minimum Gasteiger partial charge on any atom is -0.393 e. The van der Waals surface area contributed by atoms with E-state index in [2.05, 4.69) is 0 Å². The molecule has 0 aliphatic carbocycles. The average Bonchev–Trinajstić information content (AvgIpc) is 2.48. The number of morpholine rings is 1. The van der Waals surface area contributed by atoms with Gasteiger partial charge in [-0.15, -0.1) is 0 Å². The summed E-state index contributed by atoms with van der Waals surface area (Å²) in [5.74, 6) is -1.37. The van der Waals surface area contributed by atoms with E-state index in [0.29, 0.717) is 32.2 Å². The van der Waals surface area contributed by atoms with Crippen LogP contribution in [-0.2, 0) is 4.74 Å². The lowest BCUT2D eigenvalue weighted by Crippen LogP contribution is -2.48. The zero-order valence-corrected chi connectivity index (χ0v) is 11.5. The summed E-state index contributed by atoms with van der Waals surface area (Å²) in [5, 5.41) is 10.9. The monoisotopic (exact) mass is 297 g/mol. The summed E-state index contributed by atoms with van der Waals surface area (Å²) in [6.07, 6.45) is 0.670. The molecule has 0 bridgehead atoms. The van der Waals surface area contributed by atoms with Crippen LogP contribution in [0.15, 0.2) is 12.1 Å². The number of nitrogens with two attached hydrogens (primary N) is 1. The molecule has 7 nitrogen and oxygen atoms in total. The predicted molar refractivity (Wildman–Crippen MR) is 73.4 cm³/mol. The third-order valence-corrected chi connectivity index (χ3v) is 3.51. The molecule has 0 spiro atoms. The number of carbonyl (C=O) groups excluding carboxylic acids is 1. The van der Waals surface area contributed by atoms with Gasteiger partial charge in [-0.3, -0.25) is 14.9 Å². The van der Waals surface area contributed by atoms with Crippen LogP contribution in [0.5, 0.6) is 0 Å². The number of nitro benzene ring substituents is 1. The first-order valence-electron chi connectivity index (χ1n) is 6.57. The molecule has 1 atom stereocenters. The Balaban J connectivity index is 2.41. The zero-order valence-electron chi connectivity index (χ0n) is 11.5. The predicted octanol–water partition coefficient (Wildman–Crippen LogP) is 1.57. The van der Waals surface area contributed by atoms with Crippen LogP contribution in [0.3, 0.4) is 0 Å². The number of ether oxygens (including phenoxy) is 1. The molecule has 0 aromatic heterocycles. The Morgan fingerprint density at radius 1 is 1.62 bits per heavy atom. The molecule has 0 saturated carbocycles. The van der Waals surface area contributed by atoms with Gasteiger partial charge in [0.25, 0.3) is 11.6 Å². The molecule has 114 valence electrons. The molecule has 8 heteroatoms. The number of rotatable bonds is 3. The maximum atomic E-state index is 13.5. The van der Waals surface area contributed by atoms with E-state index in [-0.39, 0.29) is 17.3 Å². The summed E-state index contributed by atoms with van der Waals surface area (Å²) < 4.78 is 18.8. The Kier molecular flexibility index (Phi) is 4.37. The van der Waals surface area contributed by atoms with Gasteiger partial charge in [-0.1, -0.05) is 6.92 Å². The summed E-state index contributed by atoms with van der Waals surface area (Å²) in [6, 6.07) is 1.50. The van der Waals surface area contributed by atoms with Crippen molar-refractivity contribution < 1.29 is 18.8 Å². The van der Waals surface area contributed by atoms with Crippen molar-refractivity contribution in [3.05, 3.63) is 33.6 Å². The van der Waals surface area contributed by atoms with Crippen LogP contribution < -0.4 is 5.73 Å². The van der Waals surface area contributed by atoms with E-state index < -0.39 is 22.3 Å². The molecule has 1 unspecified atom stereocenters. The molecule has 1 fully saturated rings. The Hall–Kier alpha value is -2.22. The summed E-state index contributed by atoms with van der Waals surface area (Å²) in [6.45, 7) is 3.01. The normalized spacial score (nSPS) is 18.6. The molecular formula is C13H16FN3O4. The first kappa shape index (κ1) is 15.2. The van der Waals surface area contributed by atoms with Crippen molar-refractivity contribution in [2.45, 2.75) is 19.4 Å². The number of anilines is 1. The van der Waals surface area contributed by atoms with Gasteiger partial charge in [0.05, 0.1) is 35.8 Å². The van der Waals surface area contributed by atoms with Crippen molar-refractivity contribution in [3.8, 4) is 0 Å². The van der Waals surface area contributed by atoms with E-state index in [1.165, 1.54) is 4.90 Å². The third kappa shape index (κ3) is 2.94. The van der Waals surface area contributed by atoms with Gasteiger partial charge in [0, 0.05) is 6.54 Å². The standard InChI is InChI=1S/C13H16FN3O4/c1-2-9-7-21-4-3-16(9)13(18)10-5-8(14)6-11(12(10)15)17(19)20/h5-6,9H,2-4,7,15H2,1H3. The maximum Gasteiger partial charge on any atom is 0.295 e. The average molecular weight is 297 g/mol. The van der Waals surface area contributed by atoms with Gasteiger partial charge in [-0.25, -0.2) is 4.39 Å². The Morgan fingerprint density at radius 3 is 2.95 bits per heavy atom. The van der Waals surface area contributed by atoms with Crippen LogP contribution in [0.4, 0.5) is 15.8 Å². The summed E-state index contributed by atoms with van der Waals surface area (Å²) >= 11 is 0. The van der Waals surface area contributed by atoms with Crippen LogP contribution in [0, 0.1) is 15.9 Å². The molecule has 21 heavy (non-hydrogen) atoms. The zero-order chi connectivity index (χ0) is 15.6. The Bertz CT molecular complexity index is 579. The number of amides is 1. The van der Waals surface area contributed by atoms with E-state index in [1.807, 2.05) is 6.92 Å². The van der Waals surface area contributed by atoms with E-state index in [1.54, 1.807) is 0 Å². The van der Waals surface area contributed by atoms with Crippen molar-refractivity contribution in [2.24, 2.45) is 0 Å². The highest BCUT2D eigenvalue weighted by atomic mass is 19.1. The molecule has 2 N–H and O–H groups in total. The lowest BCUT2D eigenvalue weighted by Gasteiger charge is -2.35.